The summed E-state index contributed by atoms with van der Waals surface area (Å²) in [6.45, 7) is 7.04. The Morgan fingerprint density at radius 3 is 2.00 bits per heavy atom. The number of amides is 1. The molecule has 0 aliphatic rings. The molecule has 0 saturated carbocycles. The van der Waals surface area contributed by atoms with Crippen molar-refractivity contribution >= 4 is 17.3 Å². The van der Waals surface area contributed by atoms with Crippen molar-refractivity contribution in [2.24, 2.45) is 0 Å². The molecule has 0 spiro atoms. The lowest BCUT2D eigenvalue weighted by Crippen LogP contribution is -2.12. The Morgan fingerprint density at radius 2 is 1.47 bits per heavy atom. The molecule has 3 aromatic rings. The summed E-state index contributed by atoms with van der Waals surface area (Å²) in [7, 11) is 3.97. The van der Waals surface area contributed by atoms with Crippen LogP contribution in [0.3, 0.4) is 0 Å². The van der Waals surface area contributed by atoms with Gasteiger partial charge >= 0.3 is 0 Å². The van der Waals surface area contributed by atoms with Crippen molar-refractivity contribution in [2.75, 3.05) is 24.3 Å². The summed E-state index contributed by atoms with van der Waals surface area (Å²) in [5.74, 6) is 0.712. The molecule has 0 aromatic heterocycles. The summed E-state index contributed by atoms with van der Waals surface area (Å²) in [6, 6.07) is 23.5. The number of nitrogens with one attached hydrogen (secondary N) is 1. The van der Waals surface area contributed by atoms with Crippen molar-refractivity contribution in [2.45, 2.75) is 32.8 Å². The van der Waals surface area contributed by atoms with Crippen LogP contribution in [0.4, 0.5) is 11.4 Å². The Morgan fingerprint density at radius 1 is 0.867 bits per heavy atom. The molecule has 0 radical (unpaired) electrons. The average molecular weight is 403 g/mol. The van der Waals surface area contributed by atoms with Gasteiger partial charge in [0.15, 0.2) is 0 Å². The van der Waals surface area contributed by atoms with Gasteiger partial charge in [-0.25, -0.2) is 0 Å². The molecule has 0 saturated heterocycles. The van der Waals surface area contributed by atoms with Crippen molar-refractivity contribution in [3.05, 3.63) is 89.5 Å². The number of ether oxygens (including phenoxy) is 1. The first-order valence-electron chi connectivity index (χ1n) is 10.1. The van der Waals surface area contributed by atoms with Gasteiger partial charge in [0.05, 0.1) is 0 Å². The van der Waals surface area contributed by atoms with Crippen molar-refractivity contribution < 1.29 is 9.53 Å². The van der Waals surface area contributed by atoms with Crippen LogP contribution in [0.15, 0.2) is 72.8 Å². The van der Waals surface area contributed by atoms with E-state index in [-0.39, 0.29) is 11.3 Å². The second-order valence-electron chi connectivity index (χ2n) is 8.66. The summed E-state index contributed by atoms with van der Waals surface area (Å²) in [5, 5.41) is 2.93. The average Bonchev–Trinajstić information content (AvgIpc) is 2.72. The molecule has 30 heavy (non-hydrogen) atoms. The standard InChI is InChI=1S/C26H30N2O2/c1-26(2,3)21-10-16-24(17-11-21)30-18-19-6-8-20(9-7-19)25(29)27-22-12-14-23(15-13-22)28(4)5/h6-17H,18H2,1-5H3,(H,27,29). The van der Waals surface area contributed by atoms with Crippen LogP contribution in [0.2, 0.25) is 0 Å². The maximum atomic E-state index is 12.5. The molecule has 1 amide bonds. The van der Waals surface area contributed by atoms with Gasteiger partial charge in [-0.05, 0) is 65.1 Å². The summed E-state index contributed by atoms with van der Waals surface area (Å²) in [4.78, 5) is 14.5. The molecule has 3 aromatic carbocycles. The van der Waals surface area contributed by atoms with Gasteiger partial charge in [-0.3, -0.25) is 4.79 Å². The molecule has 0 heterocycles. The number of nitrogens with zero attached hydrogens (tertiary/aromatic N) is 1. The zero-order valence-electron chi connectivity index (χ0n) is 18.4. The van der Waals surface area contributed by atoms with E-state index in [0.717, 1.165) is 22.7 Å². The lowest BCUT2D eigenvalue weighted by molar-refractivity contribution is 0.102. The van der Waals surface area contributed by atoms with Gasteiger partial charge in [-0.2, -0.15) is 0 Å². The minimum Gasteiger partial charge on any atom is -0.489 e. The molecule has 0 unspecified atom stereocenters. The van der Waals surface area contributed by atoms with Gasteiger partial charge in [0, 0.05) is 31.0 Å². The molecule has 4 heteroatoms. The number of carbonyl (C=O) groups is 1. The number of benzene rings is 3. The van der Waals surface area contributed by atoms with E-state index in [4.69, 9.17) is 4.74 Å². The largest absolute Gasteiger partial charge is 0.489 e. The smallest absolute Gasteiger partial charge is 0.255 e. The normalized spacial score (nSPS) is 11.1. The van der Waals surface area contributed by atoms with Crippen molar-refractivity contribution in [3.8, 4) is 5.75 Å². The molecule has 0 aliphatic carbocycles. The van der Waals surface area contributed by atoms with Gasteiger partial charge < -0.3 is 15.0 Å². The van der Waals surface area contributed by atoms with Gasteiger partial charge in [0.1, 0.15) is 12.4 Å². The van der Waals surface area contributed by atoms with Crippen LogP contribution in [-0.4, -0.2) is 20.0 Å². The Bertz CT molecular complexity index is 968. The lowest BCUT2D eigenvalue weighted by atomic mass is 9.87. The van der Waals surface area contributed by atoms with Crippen LogP contribution in [0, 0.1) is 0 Å². The van der Waals surface area contributed by atoms with Crippen LogP contribution in [0.25, 0.3) is 0 Å². The summed E-state index contributed by atoms with van der Waals surface area (Å²) >= 11 is 0. The maximum absolute atomic E-state index is 12.5. The third-order valence-corrected chi connectivity index (χ3v) is 4.98. The first-order valence-corrected chi connectivity index (χ1v) is 10.1. The quantitative estimate of drug-likeness (QED) is 0.560. The number of hydrogen-bond donors (Lipinski definition) is 1. The summed E-state index contributed by atoms with van der Waals surface area (Å²) in [6.07, 6.45) is 0. The summed E-state index contributed by atoms with van der Waals surface area (Å²) < 4.78 is 5.88. The van der Waals surface area contributed by atoms with E-state index < -0.39 is 0 Å². The highest BCUT2D eigenvalue weighted by atomic mass is 16.5. The van der Waals surface area contributed by atoms with Crippen molar-refractivity contribution in [3.63, 3.8) is 0 Å². The fraction of sp³-hybridized carbons (Fsp3) is 0.269. The van der Waals surface area contributed by atoms with E-state index in [9.17, 15) is 4.79 Å². The minimum atomic E-state index is -0.127. The molecular weight excluding hydrogens is 372 g/mol. The number of hydrogen-bond acceptors (Lipinski definition) is 3. The number of carbonyl (C=O) groups excluding carboxylic acids is 1. The highest BCUT2D eigenvalue weighted by Gasteiger charge is 2.13. The van der Waals surface area contributed by atoms with Crippen LogP contribution in [0.5, 0.6) is 5.75 Å². The third-order valence-electron chi connectivity index (χ3n) is 4.98. The predicted molar refractivity (Wildman–Crippen MR) is 125 cm³/mol. The van der Waals surface area contributed by atoms with Gasteiger partial charge in [0.25, 0.3) is 5.91 Å². The zero-order chi connectivity index (χ0) is 21.7. The molecule has 0 fully saturated rings. The monoisotopic (exact) mass is 402 g/mol. The highest BCUT2D eigenvalue weighted by molar-refractivity contribution is 6.04. The fourth-order valence-corrected chi connectivity index (χ4v) is 3.02. The van der Waals surface area contributed by atoms with Gasteiger partial charge in [0.2, 0.25) is 0 Å². The maximum Gasteiger partial charge on any atom is 0.255 e. The third kappa shape index (κ3) is 5.63. The molecule has 156 valence electrons. The van der Waals surface area contributed by atoms with E-state index in [1.165, 1.54) is 5.56 Å². The van der Waals surface area contributed by atoms with E-state index in [1.54, 1.807) is 0 Å². The number of anilines is 2. The molecule has 1 N–H and O–H groups in total. The first kappa shape index (κ1) is 21.4. The van der Waals surface area contributed by atoms with E-state index >= 15 is 0 Å². The van der Waals surface area contributed by atoms with Crippen LogP contribution in [-0.2, 0) is 12.0 Å². The molecule has 0 aliphatic heterocycles. The van der Waals surface area contributed by atoms with Gasteiger partial charge in [-0.15, -0.1) is 0 Å². The summed E-state index contributed by atoms with van der Waals surface area (Å²) in [5.41, 5.74) is 4.90. The minimum absolute atomic E-state index is 0.127. The molecular formula is C26H30N2O2. The second-order valence-corrected chi connectivity index (χ2v) is 8.66. The van der Waals surface area contributed by atoms with Crippen LogP contribution >= 0.6 is 0 Å². The van der Waals surface area contributed by atoms with E-state index in [2.05, 4.69) is 38.2 Å². The Kier molecular flexibility index (Phi) is 6.46. The predicted octanol–water partition coefficient (Wildman–Crippen LogP) is 5.88. The van der Waals surface area contributed by atoms with Gasteiger partial charge in [-0.1, -0.05) is 45.0 Å². The Hall–Kier alpha value is -3.27. The molecule has 0 atom stereocenters. The topological polar surface area (TPSA) is 41.6 Å². The SMILES string of the molecule is CN(C)c1ccc(NC(=O)c2ccc(COc3ccc(C(C)(C)C)cc3)cc2)cc1. The van der Waals surface area contributed by atoms with Crippen LogP contribution < -0.4 is 15.0 Å². The van der Waals surface area contributed by atoms with Crippen LogP contribution in [0.1, 0.15) is 42.3 Å². The fourth-order valence-electron chi connectivity index (χ4n) is 3.02. The Labute approximate surface area is 179 Å². The van der Waals surface area contributed by atoms with Crippen molar-refractivity contribution in [1.29, 1.82) is 0 Å². The van der Waals surface area contributed by atoms with E-state index in [0.29, 0.717) is 12.2 Å². The molecule has 0 bridgehead atoms. The second kappa shape index (κ2) is 9.04. The lowest BCUT2D eigenvalue weighted by Gasteiger charge is -2.19. The van der Waals surface area contributed by atoms with E-state index in [1.807, 2.05) is 79.7 Å². The Balaban J connectivity index is 1.56. The van der Waals surface area contributed by atoms with Crippen molar-refractivity contribution in [1.82, 2.24) is 0 Å². The zero-order valence-corrected chi connectivity index (χ0v) is 18.4. The molecule has 3 rings (SSSR count). The molecule has 4 nitrogen and oxygen atoms in total. The highest BCUT2D eigenvalue weighted by Crippen LogP contribution is 2.24. The first-order chi connectivity index (χ1) is 14.2. The number of rotatable bonds is 6.